The summed E-state index contributed by atoms with van der Waals surface area (Å²) < 4.78 is 55.6. The number of hydrogen-bond acceptors (Lipinski definition) is 5. The van der Waals surface area contributed by atoms with Crippen LogP contribution in [0.1, 0.15) is 34.1 Å². The number of H-pyrrole nitrogens is 1. The second kappa shape index (κ2) is 9.11. The van der Waals surface area contributed by atoms with Crippen molar-refractivity contribution in [3.05, 3.63) is 71.0 Å². The number of aromatic nitrogens is 2. The van der Waals surface area contributed by atoms with E-state index in [0.717, 1.165) is 17.6 Å². The van der Waals surface area contributed by atoms with Crippen molar-refractivity contribution in [1.29, 1.82) is 0 Å². The van der Waals surface area contributed by atoms with E-state index in [1.165, 1.54) is 19.4 Å². The average Bonchev–Trinajstić information content (AvgIpc) is 3.17. The standard InChI is InChI=1S/C24H21F3N2O4/c1-3-32-23(30)22-16(13-31-2)20-18(11-28-22)29-17-8-5-9-19(21(17)20)33-12-14-6-4-7-15(10-14)24(25,26)27/h4-11,29H,3,12-13H2,1-2H3. The highest BCUT2D eigenvalue weighted by Crippen LogP contribution is 2.37. The molecule has 0 fully saturated rings. The Balaban J connectivity index is 1.80. The van der Waals surface area contributed by atoms with Gasteiger partial charge in [-0.15, -0.1) is 0 Å². The lowest BCUT2D eigenvalue weighted by atomic mass is 10.0. The van der Waals surface area contributed by atoms with Crippen molar-refractivity contribution in [1.82, 2.24) is 9.97 Å². The molecule has 2 heterocycles. The monoisotopic (exact) mass is 458 g/mol. The number of rotatable bonds is 7. The maximum Gasteiger partial charge on any atom is 0.416 e. The Morgan fingerprint density at radius 3 is 2.58 bits per heavy atom. The van der Waals surface area contributed by atoms with E-state index in [2.05, 4.69) is 9.97 Å². The number of benzene rings is 2. The van der Waals surface area contributed by atoms with Crippen molar-refractivity contribution in [2.75, 3.05) is 13.7 Å². The van der Waals surface area contributed by atoms with Gasteiger partial charge in [0.1, 0.15) is 12.4 Å². The van der Waals surface area contributed by atoms with Gasteiger partial charge in [0, 0.05) is 23.4 Å². The smallest absolute Gasteiger partial charge is 0.416 e. The number of pyridine rings is 1. The molecule has 0 unspecified atom stereocenters. The molecule has 0 bridgehead atoms. The predicted molar refractivity (Wildman–Crippen MR) is 116 cm³/mol. The number of halogens is 3. The Labute approximate surface area is 187 Å². The van der Waals surface area contributed by atoms with Gasteiger partial charge in [-0.1, -0.05) is 18.2 Å². The van der Waals surface area contributed by atoms with Crippen LogP contribution < -0.4 is 4.74 Å². The van der Waals surface area contributed by atoms with Crippen molar-refractivity contribution in [3.63, 3.8) is 0 Å². The van der Waals surface area contributed by atoms with E-state index >= 15 is 0 Å². The first-order chi connectivity index (χ1) is 15.8. The van der Waals surface area contributed by atoms with Crippen LogP contribution in [0.4, 0.5) is 13.2 Å². The minimum atomic E-state index is -4.43. The maximum atomic E-state index is 13.0. The number of esters is 1. The largest absolute Gasteiger partial charge is 0.488 e. The Morgan fingerprint density at radius 2 is 1.85 bits per heavy atom. The summed E-state index contributed by atoms with van der Waals surface area (Å²) >= 11 is 0. The summed E-state index contributed by atoms with van der Waals surface area (Å²) in [6, 6.07) is 10.3. The molecule has 2 aromatic carbocycles. The molecule has 172 valence electrons. The number of hydrogen-bond donors (Lipinski definition) is 1. The number of ether oxygens (including phenoxy) is 3. The minimum Gasteiger partial charge on any atom is -0.488 e. The van der Waals surface area contributed by atoms with E-state index < -0.39 is 17.7 Å². The summed E-state index contributed by atoms with van der Waals surface area (Å²) in [7, 11) is 1.51. The second-order valence-corrected chi connectivity index (χ2v) is 7.32. The third-order valence-corrected chi connectivity index (χ3v) is 5.13. The molecular formula is C24H21F3N2O4. The molecule has 0 amide bonds. The summed E-state index contributed by atoms with van der Waals surface area (Å²) in [5.41, 5.74) is 1.72. The van der Waals surface area contributed by atoms with Gasteiger partial charge in [-0.3, -0.25) is 0 Å². The summed E-state index contributed by atoms with van der Waals surface area (Å²) in [6.45, 7) is 1.95. The zero-order valence-electron chi connectivity index (χ0n) is 18.0. The summed E-state index contributed by atoms with van der Waals surface area (Å²) in [6.07, 6.45) is -2.89. The SMILES string of the molecule is CCOC(=O)c1ncc2[nH]c3cccc(OCc4cccc(C(F)(F)F)c4)c3c2c1COC. The highest BCUT2D eigenvalue weighted by Gasteiger charge is 2.30. The van der Waals surface area contributed by atoms with Gasteiger partial charge in [0.2, 0.25) is 0 Å². The Hall–Kier alpha value is -3.59. The number of aromatic amines is 1. The summed E-state index contributed by atoms with van der Waals surface area (Å²) in [4.78, 5) is 20.0. The molecule has 33 heavy (non-hydrogen) atoms. The van der Waals surface area contributed by atoms with Gasteiger partial charge < -0.3 is 19.2 Å². The van der Waals surface area contributed by atoms with Crippen molar-refractivity contribution < 1.29 is 32.2 Å². The molecule has 0 atom stereocenters. The number of alkyl halides is 3. The van der Waals surface area contributed by atoms with Gasteiger partial charge in [0.25, 0.3) is 0 Å². The van der Waals surface area contributed by atoms with Gasteiger partial charge in [-0.05, 0) is 36.8 Å². The molecule has 0 aliphatic rings. The van der Waals surface area contributed by atoms with E-state index in [-0.39, 0.29) is 25.5 Å². The molecule has 6 nitrogen and oxygen atoms in total. The van der Waals surface area contributed by atoms with Crippen LogP contribution in [-0.2, 0) is 28.9 Å². The number of methoxy groups -OCH3 is 1. The third kappa shape index (κ3) is 4.49. The quantitative estimate of drug-likeness (QED) is 0.363. The lowest BCUT2D eigenvalue weighted by Crippen LogP contribution is -2.11. The topological polar surface area (TPSA) is 73.4 Å². The molecule has 0 saturated heterocycles. The highest BCUT2D eigenvalue weighted by molar-refractivity contribution is 6.13. The number of carbonyl (C=O) groups excluding carboxylic acids is 1. The Kier molecular flexibility index (Phi) is 6.24. The normalized spacial score (nSPS) is 11.8. The first kappa shape index (κ1) is 22.6. The molecule has 2 aromatic heterocycles. The predicted octanol–water partition coefficient (Wildman–Crippen LogP) is 5.64. The first-order valence-electron chi connectivity index (χ1n) is 10.2. The number of fused-ring (bicyclic) bond motifs is 3. The molecule has 4 rings (SSSR count). The van der Waals surface area contributed by atoms with Gasteiger partial charge in [0.15, 0.2) is 5.69 Å². The third-order valence-electron chi connectivity index (χ3n) is 5.13. The van der Waals surface area contributed by atoms with Crippen LogP contribution in [0.25, 0.3) is 21.8 Å². The molecule has 0 radical (unpaired) electrons. The zero-order chi connectivity index (χ0) is 23.6. The van der Waals surface area contributed by atoms with Gasteiger partial charge in [0.05, 0.1) is 36.0 Å². The zero-order valence-corrected chi connectivity index (χ0v) is 18.0. The molecule has 0 aliphatic heterocycles. The molecular weight excluding hydrogens is 437 g/mol. The second-order valence-electron chi connectivity index (χ2n) is 7.32. The molecule has 0 aliphatic carbocycles. The van der Waals surface area contributed by atoms with Crippen LogP contribution in [0.15, 0.2) is 48.7 Å². The fourth-order valence-corrected chi connectivity index (χ4v) is 3.75. The van der Waals surface area contributed by atoms with E-state index in [4.69, 9.17) is 14.2 Å². The van der Waals surface area contributed by atoms with Crippen molar-refractivity contribution in [2.45, 2.75) is 26.3 Å². The number of carbonyl (C=O) groups is 1. The fourth-order valence-electron chi connectivity index (χ4n) is 3.75. The number of nitrogens with one attached hydrogen (secondary N) is 1. The van der Waals surface area contributed by atoms with Crippen LogP contribution in [-0.4, -0.2) is 29.7 Å². The summed E-state index contributed by atoms with van der Waals surface area (Å²) in [5.74, 6) is -0.113. The van der Waals surface area contributed by atoms with Gasteiger partial charge >= 0.3 is 12.1 Å². The van der Waals surface area contributed by atoms with E-state index in [9.17, 15) is 18.0 Å². The fraction of sp³-hybridized carbons (Fsp3) is 0.250. The first-order valence-corrected chi connectivity index (χ1v) is 10.2. The molecule has 1 N–H and O–H groups in total. The molecule has 9 heteroatoms. The molecule has 0 saturated carbocycles. The lowest BCUT2D eigenvalue weighted by molar-refractivity contribution is -0.137. The average molecular weight is 458 g/mol. The highest BCUT2D eigenvalue weighted by atomic mass is 19.4. The molecule has 0 spiro atoms. The maximum absolute atomic E-state index is 13.0. The van der Waals surface area contributed by atoms with Crippen LogP contribution in [0.3, 0.4) is 0 Å². The van der Waals surface area contributed by atoms with Crippen LogP contribution in [0, 0.1) is 0 Å². The van der Waals surface area contributed by atoms with Crippen LogP contribution in [0.5, 0.6) is 5.75 Å². The Bertz CT molecular complexity index is 1310. The van der Waals surface area contributed by atoms with Crippen molar-refractivity contribution >= 4 is 27.8 Å². The van der Waals surface area contributed by atoms with E-state index in [0.29, 0.717) is 33.2 Å². The van der Waals surface area contributed by atoms with Gasteiger partial charge in [-0.25, -0.2) is 9.78 Å². The van der Waals surface area contributed by atoms with Crippen LogP contribution >= 0.6 is 0 Å². The minimum absolute atomic E-state index is 0.0644. The van der Waals surface area contributed by atoms with Crippen molar-refractivity contribution in [2.24, 2.45) is 0 Å². The lowest BCUT2D eigenvalue weighted by Gasteiger charge is -2.12. The summed E-state index contributed by atoms with van der Waals surface area (Å²) in [5, 5.41) is 1.36. The molecule has 4 aromatic rings. The van der Waals surface area contributed by atoms with E-state index in [1.807, 2.05) is 6.07 Å². The van der Waals surface area contributed by atoms with Crippen LogP contribution in [0.2, 0.25) is 0 Å². The Morgan fingerprint density at radius 1 is 1.06 bits per heavy atom. The van der Waals surface area contributed by atoms with E-state index in [1.54, 1.807) is 25.1 Å². The number of nitrogens with zero attached hydrogens (tertiary/aromatic N) is 1. The van der Waals surface area contributed by atoms with Crippen molar-refractivity contribution in [3.8, 4) is 5.75 Å². The van der Waals surface area contributed by atoms with Gasteiger partial charge in [-0.2, -0.15) is 13.2 Å².